The highest BCUT2D eigenvalue weighted by Crippen LogP contribution is 2.23. The van der Waals surface area contributed by atoms with Gasteiger partial charge >= 0.3 is 0 Å². The molecule has 0 aromatic heterocycles. The van der Waals surface area contributed by atoms with Crippen LogP contribution in [0, 0.1) is 0 Å². The molecule has 6 heteroatoms. The SMILES string of the molecule is N[C@@H](C(=O)N[C@H]1CN(c2ccccc2)C1=O)c1ccc(OCc2ccccc2)cc1. The van der Waals surface area contributed by atoms with E-state index in [0.717, 1.165) is 11.3 Å². The first kappa shape index (κ1) is 19.7. The standard InChI is InChI=1S/C24H23N3O3/c25-22(18-11-13-20(14-12-18)30-16-17-7-3-1-4-8-17)23(28)26-21-15-27(24(21)29)19-9-5-2-6-10-19/h1-14,21-22H,15-16,25H2,(H,26,28)/t21-,22+/m0/s1. The second-order valence-corrected chi connectivity index (χ2v) is 7.17. The number of anilines is 1. The van der Waals surface area contributed by atoms with E-state index in [9.17, 15) is 9.59 Å². The molecule has 152 valence electrons. The molecule has 1 saturated heterocycles. The number of ether oxygens (including phenoxy) is 1. The predicted octanol–water partition coefficient (Wildman–Crippen LogP) is 2.80. The van der Waals surface area contributed by atoms with Crippen molar-refractivity contribution in [3.63, 3.8) is 0 Å². The molecule has 0 spiro atoms. The number of rotatable bonds is 7. The average molecular weight is 401 g/mol. The number of amides is 2. The lowest BCUT2D eigenvalue weighted by Crippen LogP contribution is -2.65. The van der Waals surface area contributed by atoms with E-state index < -0.39 is 12.1 Å². The Labute approximate surface area is 175 Å². The molecule has 0 saturated carbocycles. The molecule has 6 nitrogen and oxygen atoms in total. The molecule has 0 radical (unpaired) electrons. The van der Waals surface area contributed by atoms with Crippen LogP contribution in [0.3, 0.4) is 0 Å². The van der Waals surface area contributed by atoms with Gasteiger partial charge in [-0.15, -0.1) is 0 Å². The lowest BCUT2D eigenvalue weighted by atomic mass is 10.0. The normalized spacial score (nSPS) is 16.5. The maximum atomic E-state index is 12.5. The van der Waals surface area contributed by atoms with Gasteiger partial charge < -0.3 is 20.7 Å². The Morgan fingerprint density at radius 1 is 1.00 bits per heavy atom. The van der Waals surface area contributed by atoms with Gasteiger partial charge in [-0.1, -0.05) is 60.7 Å². The minimum absolute atomic E-state index is 0.133. The van der Waals surface area contributed by atoms with Crippen LogP contribution in [0.2, 0.25) is 0 Å². The number of para-hydroxylation sites is 1. The lowest BCUT2D eigenvalue weighted by Gasteiger charge is -2.39. The summed E-state index contributed by atoms with van der Waals surface area (Å²) in [7, 11) is 0. The van der Waals surface area contributed by atoms with Crippen LogP contribution in [-0.4, -0.2) is 24.4 Å². The van der Waals surface area contributed by atoms with Gasteiger partial charge in [0, 0.05) is 5.69 Å². The Bertz CT molecular complexity index is 1010. The molecule has 4 rings (SSSR count). The largest absolute Gasteiger partial charge is 0.489 e. The zero-order valence-electron chi connectivity index (χ0n) is 16.4. The Balaban J connectivity index is 1.29. The number of hydrogen-bond donors (Lipinski definition) is 2. The van der Waals surface area contributed by atoms with Crippen molar-refractivity contribution in [2.45, 2.75) is 18.7 Å². The van der Waals surface area contributed by atoms with Crippen LogP contribution in [0.1, 0.15) is 17.2 Å². The van der Waals surface area contributed by atoms with Crippen molar-refractivity contribution < 1.29 is 14.3 Å². The van der Waals surface area contributed by atoms with Gasteiger partial charge in [0.1, 0.15) is 24.4 Å². The molecule has 2 amide bonds. The fourth-order valence-corrected chi connectivity index (χ4v) is 3.30. The number of nitrogens with zero attached hydrogens (tertiary/aromatic N) is 1. The Morgan fingerprint density at radius 2 is 1.63 bits per heavy atom. The van der Waals surface area contributed by atoms with Crippen molar-refractivity contribution in [2.24, 2.45) is 5.73 Å². The van der Waals surface area contributed by atoms with Crippen molar-refractivity contribution in [2.75, 3.05) is 11.4 Å². The molecule has 3 aromatic carbocycles. The second kappa shape index (κ2) is 8.80. The minimum atomic E-state index is -0.855. The van der Waals surface area contributed by atoms with Crippen molar-refractivity contribution >= 4 is 17.5 Å². The molecule has 30 heavy (non-hydrogen) atoms. The summed E-state index contributed by atoms with van der Waals surface area (Å²) >= 11 is 0. The fraction of sp³-hybridized carbons (Fsp3) is 0.167. The summed E-state index contributed by atoms with van der Waals surface area (Å²) in [4.78, 5) is 26.5. The number of benzene rings is 3. The van der Waals surface area contributed by atoms with Crippen LogP contribution < -0.4 is 20.7 Å². The van der Waals surface area contributed by atoms with Crippen LogP contribution in [0.15, 0.2) is 84.9 Å². The summed E-state index contributed by atoms with van der Waals surface area (Å²) in [5.41, 5.74) is 8.65. The Morgan fingerprint density at radius 3 is 2.27 bits per heavy atom. The number of carbonyl (C=O) groups is 2. The van der Waals surface area contributed by atoms with Gasteiger partial charge in [-0.05, 0) is 35.4 Å². The fourth-order valence-electron chi connectivity index (χ4n) is 3.30. The number of nitrogens with two attached hydrogens (primary N) is 1. The molecule has 1 heterocycles. The molecule has 0 bridgehead atoms. The van der Waals surface area contributed by atoms with Gasteiger partial charge in [0.2, 0.25) is 5.91 Å². The zero-order valence-corrected chi connectivity index (χ0v) is 16.4. The summed E-state index contributed by atoms with van der Waals surface area (Å²) in [6.07, 6.45) is 0. The van der Waals surface area contributed by atoms with Crippen molar-refractivity contribution in [3.8, 4) is 5.75 Å². The number of carbonyl (C=O) groups excluding carboxylic acids is 2. The third-order valence-corrected chi connectivity index (χ3v) is 5.08. The quantitative estimate of drug-likeness (QED) is 0.596. The molecule has 2 atom stereocenters. The van der Waals surface area contributed by atoms with E-state index in [4.69, 9.17) is 10.5 Å². The summed E-state index contributed by atoms with van der Waals surface area (Å²) in [6.45, 7) is 0.905. The molecule has 3 aromatic rings. The lowest BCUT2D eigenvalue weighted by molar-refractivity contribution is -0.131. The monoisotopic (exact) mass is 401 g/mol. The van der Waals surface area contributed by atoms with Crippen LogP contribution in [0.25, 0.3) is 0 Å². The van der Waals surface area contributed by atoms with Crippen molar-refractivity contribution in [1.82, 2.24) is 5.32 Å². The van der Waals surface area contributed by atoms with E-state index in [-0.39, 0.29) is 11.8 Å². The highest BCUT2D eigenvalue weighted by Gasteiger charge is 2.39. The van der Waals surface area contributed by atoms with Crippen molar-refractivity contribution in [1.29, 1.82) is 0 Å². The topological polar surface area (TPSA) is 84.7 Å². The van der Waals surface area contributed by atoms with E-state index in [2.05, 4.69) is 5.32 Å². The summed E-state index contributed by atoms with van der Waals surface area (Å²) < 4.78 is 5.75. The van der Waals surface area contributed by atoms with E-state index >= 15 is 0 Å². The molecular formula is C24H23N3O3. The average Bonchev–Trinajstić information content (AvgIpc) is 2.80. The molecule has 3 N–H and O–H groups in total. The van der Waals surface area contributed by atoms with Gasteiger partial charge in [-0.25, -0.2) is 0 Å². The maximum Gasteiger partial charge on any atom is 0.251 e. The first-order chi connectivity index (χ1) is 14.6. The van der Waals surface area contributed by atoms with Gasteiger partial charge in [-0.3, -0.25) is 9.59 Å². The van der Waals surface area contributed by atoms with E-state index in [1.807, 2.05) is 60.7 Å². The Hall–Kier alpha value is -3.64. The molecule has 0 aliphatic carbocycles. The van der Waals surface area contributed by atoms with Gasteiger partial charge in [-0.2, -0.15) is 0 Å². The molecule has 1 aliphatic heterocycles. The highest BCUT2D eigenvalue weighted by molar-refractivity contribution is 6.06. The van der Waals surface area contributed by atoms with E-state index in [1.54, 1.807) is 29.2 Å². The third-order valence-electron chi connectivity index (χ3n) is 5.08. The van der Waals surface area contributed by atoms with Crippen LogP contribution in [-0.2, 0) is 16.2 Å². The van der Waals surface area contributed by atoms with E-state index in [0.29, 0.717) is 24.5 Å². The first-order valence-corrected chi connectivity index (χ1v) is 9.81. The molecule has 1 aliphatic rings. The van der Waals surface area contributed by atoms with Gasteiger partial charge in [0.05, 0.1) is 6.54 Å². The number of nitrogens with one attached hydrogen (secondary N) is 1. The van der Waals surface area contributed by atoms with Crippen molar-refractivity contribution in [3.05, 3.63) is 96.1 Å². The molecule has 1 fully saturated rings. The summed E-state index contributed by atoms with van der Waals surface area (Å²) in [5.74, 6) is 0.188. The molecule has 0 unspecified atom stereocenters. The maximum absolute atomic E-state index is 12.5. The van der Waals surface area contributed by atoms with E-state index in [1.165, 1.54) is 0 Å². The zero-order chi connectivity index (χ0) is 20.9. The molecular weight excluding hydrogens is 378 g/mol. The van der Waals surface area contributed by atoms with Crippen LogP contribution in [0.4, 0.5) is 5.69 Å². The van der Waals surface area contributed by atoms with Gasteiger partial charge in [0.15, 0.2) is 0 Å². The second-order valence-electron chi connectivity index (χ2n) is 7.17. The first-order valence-electron chi connectivity index (χ1n) is 9.81. The summed E-state index contributed by atoms with van der Waals surface area (Å²) in [6, 6.07) is 25.0. The number of β-lactam (4-membered cyclic amide) rings is 1. The third kappa shape index (κ3) is 4.34. The van der Waals surface area contributed by atoms with Crippen LogP contribution in [0.5, 0.6) is 5.75 Å². The van der Waals surface area contributed by atoms with Gasteiger partial charge in [0.25, 0.3) is 5.91 Å². The Kier molecular flexibility index (Phi) is 5.77. The number of hydrogen-bond acceptors (Lipinski definition) is 4. The minimum Gasteiger partial charge on any atom is -0.489 e. The predicted molar refractivity (Wildman–Crippen MR) is 115 cm³/mol. The summed E-state index contributed by atoms with van der Waals surface area (Å²) in [5, 5.41) is 2.74. The smallest absolute Gasteiger partial charge is 0.251 e. The highest BCUT2D eigenvalue weighted by atomic mass is 16.5. The van der Waals surface area contributed by atoms with Crippen LogP contribution >= 0.6 is 0 Å².